The van der Waals surface area contributed by atoms with Crippen molar-refractivity contribution < 1.29 is 9.90 Å². The van der Waals surface area contributed by atoms with Crippen molar-refractivity contribution in [2.75, 3.05) is 32.7 Å². The molecule has 1 aromatic carbocycles. The average Bonchev–Trinajstić information content (AvgIpc) is 2.97. The Labute approximate surface area is 145 Å². The zero-order chi connectivity index (χ0) is 17.5. The van der Waals surface area contributed by atoms with Gasteiger partial charge < -0.3 is 20.6 Å². The van der Waals surface area contributed by atoms with E-state index in [1.807, 2.05) is 31.2 Å². The number of carbonyl (C=O) groups is 1. The molecule has 0 spiro atoms. The Balaban J connectivity index is 1.65. The van der Waals surface area contributed by atoms with E-state index in [9.17, 15) is 9.90 Å². The molecule has 2 unspecified atom stereocenters. The summed E-state index contributed by atoms with van der Waals surface area (Å²) in [5, 5.41) is 15.8. The monoisotopic (exact) mass is 333 g/mol. The van der Waals surface area contributed by atoms with Gasteiger partial charge in [-0.1, -0.05) is 43.7 Å². The second-order valence-electron chi connectivity index (χ2n) is 7.33. The first kappa shape index (κ1) is 18.7. The predicted molar refractivity (Wildman–Crippen MR) is 96.9 cm³/mol. The number of rotatable bonds is 7. The van der Waals surface area contributed by atoms with Gasteiger partial charge in [0.2, 0.25) is 0 Å². The van der Waals surface area contributed by atoms with Gasteiger partial charge in [0, 0.05) is 26.2 Å². The second-order valence-corrected chi connectivity index (χ2v) is 7.33. The van der Waals surface area contributed by atoms with Crippen LogP contribution < -0.4 is 10.6 Å². The quantitative estimate of drug-likeness (QED) is 0.717. The molecule has 1 aliphatic rings. The van der Waals surface area contributed by atoms with Gasteiger partial charge in [0.15, 0.2) is 0 Å². The third-order valence-electron chi connectivity index (χ3n) is 4.43. The number of benzene rings is 1. The Morgan fingerprint density at radius 1 is 1.38 bits per heavy atom. The lowest BCUT2D eigenvalue weighted by molar-refractivity contribution is 0.173. The molecule has 0 radical (unpaired) electrons. The Kier molecular flexibility index (Phi) is 7.06. The summed E-state index contributed by atoms with van der Waals surface area (Å²) in [6, 6.07) is 7.51. The smallest absolute Gasteiger partial charge is 0.314 e. The summed E-state index contributed by atoms with van der Waals surface area (Å²) in [4.78, 5) is 14.4. The van der Waals surface area contributed by atoms with Crippen molar-refractivity contribution in [3.63, 3.8) is 0 Å². The fraction of sp³-hybridized carbons (Fsp3) is 0.632. The summed E-state index contributed by atoms with van der Waals surface area (Å²) in [7, 11) is 0. The lowest BCUT2D eigenvalue weighted by atomic mass is 10.1. The summed E-state index contributed by atoms with van der Waals surface area (Å²) in [6.45, 7) is 10.7. The summed E-state index contributed by atoms with van der Waals surface area (Å²) in [5.74, 6) is 1.21. The van der Waals surface area contributed by atoms with E-state index in [0.717, 1.165) is 37.2 Å². The molecule has 2 atom stereocenters. The van der Waals surface area contributed by atoms with Crippen molar-refractivity contribution in [3.8, 4) is 0 Å². The Morgan fingerprint density at radius 2 is 2.17 bits per heavy atom. The highest BCUT2D eigenvalue weighted by molar-refractivity contribution is 5.73. The number of aliphatic hydroxyl groups is 1. The summed E-state index contributed by atoms with van der Waals surface area (Å²) < 4.78 is 0. The minimum atomic E-state index is -0.677. The molecule has 134 valence electrons. The molecule has 0 saturated carbocycles. The largest absolute Gasteiger partial charge is 0.387 e. The number of hydrogen-bond donors (Lipinski definition) is 3. The molecule has 5 heteroatoms. The van der Waals surface area contributed by atoms with Crippen molar-refractivity contribution in [3.05, 3.63) is 35.4 Å². The number of aliphatic hydroxyl groups excluding tert-OH is 1. The molecule has 24 heavy (non-hydrogen) atoms. The number of urea groups is 1. The van der Waals surface area contributed by atoms with E-state index in [0.29, 0.717) is 18.4 Å². The lowest BCUT2D eigenvalue weighted by Crippen LogP contribution is -2.40. The van der Waals surface area contributed by atoms with Gasteiger partial charge in [0.25, 0.3) is 0 Å². The second kappa shape index (κ2) is 9.04. The maximum Gasteiger partial charge on any atom is 0.314 e. The molecule has 1 aliphatic heterocycles. The zero-order valence-corrected chi connectivity index (χ0v) is 15.1. The van der Waals surface area contributed by atoms with Crippen LogP contribution in [0.25, 0.3) is 0 Å². The van der Waals surface area contributed by atoms with E-state index in [1.54, 1.807) is 0 Å². The predicted octanol–water partition coefficient (Wildman–Crippen LogP) is 2.31. The van der Waals surface area contributed by atoms with Crippen LogP contribution in [0.3, 0.4) is 0 Å². The van der Waals surface area contributed by atoms with Crippen molar-refractivity contribution >= 4 is 6.03 Å². The van der Waals surface area contributed by atoms with Gasteiger partial charge in [-0.25, -0.2) is 4.79 Å². The molecule has 0 bridgehead atoms. The molecule has 3 N–H and O–H groups in total. The first-order valence-electron chi connectivity index (χ1n) is 8.92. The maximum atomic E-state index is 11.9. The van der Waals surface area contributed by atoms with Gasteiger partial charge in [-0.3, -0.25) is 0 Å². The van der Waals surface area contributed by atoms with Crippen LogP contribution in [0, 0.1) is 18.8 Å². The Hall–Kier alpha value is -1.59. The maximum absolute atomic E-state index is 11.9. The fourth-order valence-corrected chi connectivity index (χ4v) is 3.25. The van der Waals surface area contributed by atoms with Crippen molar-refractivity contribution in [1.82, 2.24) is 15.5 Å². The van der Waals surface area contributed by atoms with Gasteiger partial charge >= 0.3 is 6.03 Å². The third-order valence-corrected chi connectivity index (χ3v) is 4.43. The van der Waals surface area contributed by atoms with Crippen LogP contribution in [-0.2, 0) is 0 Å². The Morgan fingerprint density at radius 3 is 2.88 bits per heavy atom. The molecule has 1 saturated heterocycles. The van der Waals surface area contributed by atoms with Crippen LogP contribution in [0.2, 0.25) is 0 Å². The topological polar surface area (TPSA) is 64.6 Å². The third kappa shape index (κ3) is 6.13. The van der Waals surface area contributed by atoms with Crippen LogP contribution in [0.1, 0.15) is 37.5 Å². The van der Waals surface area contributed by atoms with Gasteiger partial charge in [0.1, 0.15) is 0 Å². The molecule has 1 heterocycles. The fourth-order valence-electron chi connectivity index (χ4n) is 3.25. The van der Waals surface area contributed by atoms with E-state index in [4.69, 9.17) is 0 Å². The molecule has 1 fully saturated rings. The number of aryl methyl sites for hydroxylation is 1. The van der Waals surface area contributed by atoms with E-state index >= 15 is 0 Å². The normalized spacial score (nSPS) is 19.5. The molecule has 0 aromatic heterocycles. The number of nitrogens with zero attached hydrogens (tertiary/aromatic N) is 1. The van der Waals surface area contributed by atoms with Crippen molar-refractivity contribution in [2.45, 2.75) is 33.3 Å². The highest BCUT2D eigenvalue weighted by Crippen LogP contribution is 2.16. The highest BCUT2D eigenvalue weighted by atomic mass is 16.3. The van der Waals surface area contributed by atoms with Crippen molar-refractivity contribution in [2.24, 2.45) is 11.8 Å². The summed E-state index contributed by atoms with van der Waals surface area (Å²) in [5.41, 5.74) is 1.93. The van der Waals surface area contributed by atoms with Gasteiger partial charge in [-0.15, -0.1) is 0 Å². The molecular weight excluding hydrogens is 302 g/mol. The van der Waals surface area contributed by atoms with Crippen LogP contribution in [0.5, 0.6) is 0 Å². The molecule has 1 aromatic rings. The SMILES string of the molecule is Cc1cccc(C(O)CNC(=O)NCC2CCN(CC(C)C)C2)c1. The molecule has 5 nitrogen and oxygen atoms in total. The number of amides is 2. The minimum absolute atomic E-state index is 0.205. The van der Waals surface area contributed by atoms with Crippen LogP contribution in [0.15, 0.2) is 24.3 Å². The van der Waals surface area contributed by atoms with Gasteiger partial charge in [-0.05, 0) is 37.3 Å². The van der Waals surface area contributed by atoms with E-state index in [-0.39, 0.29) is 12.6 Å². The van der Waals surface area contributed by atoms with Crippen molar-refractivity contribution in [1.29, 1.82) is 0 Å². The van der Waals surface area contributed by atoms with Crippen LogP contribution >= 0.6 is 0 Å². The van der Waals surface area contributed by atoms with Gasteiger partial charge in [-0.2, -0.15) is 0 Å². The first-order valence-corrected chi connectivity index (χ1v) is 8.92. The van der Waals surface area contributed by atoms with Crippen LogP contribution in [-0.4, -0.2) is 48.8 Å². The number of likely N-dealkylation sites (tertiary alicyclic amines) is 1. The molecule has 2 rings (SSSR count). The average molecular weight is 333 g/mol. The minimum Gasteiger partial charge on any atom is -0.387 e. The van der Waals surface area contributed by atoms with E-state index in [1.165, 1.54) is 0 Å². The number of carbonyl (C=O) groups excluding carboxylic acids is 1. The molecular formula is C19H31N3O2. The first-order chi connectivity index (χ1) is 11.4. The Bertz CT molecular complexity index is 533. The van der Waals surface area contributed by atoms with E-state index < -0.39 is 6.10 Å². The summed E-state index contributed by atoms with van der Waals surface area (Å²) in [6.07, 6.45) is 0.461. The zero-order valence-electron chi connectivity index (χ0n) is 15.1. The lowest BCUT2D eigenvalue weighted by Gasteiger charge is -2.18. The van der Waals surface area contributed by atoms with E-state index in [2.05, 4.69) is 29.4 Å². The number of hydrogen-bond acceptors (Lipinski definition) is 3. The molecule has 2 amide bonds. The summed E-state index contributed by atoms with van der Waals surface area (Å²) >= 11 is 0. The highest BCUT2D eigenvalue weighted by Gasteiger charge is 2.23. The van der Waals surface area contributed by atoms with Crippen LogP contribution in [0.4, 0.5) is 4.79 Å². The standard InChI is InChI=1S/C19H31N3O2/c1-14(2)12-22-8-7-16(13-22)10-20-19(24)21-11-18(23)17-6-4-5-15(3)9-17/h4-6,9,14,16,18,23H,7-8,10-13H2,1-3H3,(H2,20,21,24). The van der Waals surface area contributed by atoms with Gasteiger partial charge in [0.05, 0.1) is 6.10 Å². The number of nitrogens with one attached hydrogen (secondary N) is 2. The molecule has 0 aliphatic carbocycles.